The van der Waals surface area contributed by atoms with Gasteiger partial charge in [-0.25, -0.2) is 0 Å². The third kappa shape index (κ3) is 1.86. The topological polar surface area (TPSA) is 80.4 Å². The van der Waals surface area contributed by atoms with Crippen molar-refractivity contribution in [2.45, 2.75) is 36.8 Å². The van der Waals surface area contributed by atoms with E-state index >= 15 is 0 Å². The third-order valence-electron chi connectivity index (χ3n) is 5.51. The first kappa shape index (κ1) is 14.3. The number of Topliss-reactive ketones (excluding diaryl/α,β-unsaturated/α-hetero) is 1. The highest BCUT2D eigenvalue weighted by atomic mass is 16.6. The molecular weight excluding hydrogens is 294 g/mol. The highest BCUT2D eigenvalue weighted by Crippen LogP contribution is 2.52. The molecule has 23 heavy (non-hydrogen) atoms. The van der Waals surface area contributed by atoms with Gasteiger partial charge in [-0.1, -0.05) is 42.5 Å². The van der Waals surface area contributed by atoms with Crippen molar-refractivity contribution in [2.24, 2.45) is 5.92 Å². The number of fused-ring (bicyclic) bond motifs is 3. The predicted molar refractivity (Wildman–Crippen MR) is 84.8 cm³/mol. The van der Waals surface area contributed by atoms with Gasteiger partial charge in [0, 0.05) is 10.8 Å². The zero-order valence-corrected chi connectivity index (χ0v) is 12.5. The highest BCUT2D eigenvalue weighted by molar-refractivity contribution is 5.96. The molecule has 0 saturated heterocycles. The van der Waals surface area contributed by atoms with Crippen LogP contribution >= 0.6 is 0 Å². The van der Waals surface area contributed by atoms with Gasteiger partial charge in [-0.05, 0) is 35.6 Å². The Bertz CT molecular complexity index is 812. The Morgan fingerprint density at radius 3 is 2.70 bits per heavy atom. The summed E-state index contributed by atoms with van der Waals surface area (Å²) < 4.78 is 0. The van der Waals surface area contributed by atoms with Crippen LogP contribution in [0.1, 0.15) is 30.7 Å². The Morgan fingerprint density at radius 1 is 1.17 bits per heavy atom. The van der Waals surface area contributed by atoms with Gasteiger partial charge in [0.2, 0.25) is 0 Å². The Kier molecular flexibility index (Phi) is 3.03. The van der Waals surface area contributed by atoms with Crippen molar-refractivity contribution < 1.29 is 14.8 Å². The van der Waals surface area contributed by atoms with Crippen molar-refractivity contribution in [3.8, 4) is 0 Å². The normalized spacial score (nSPS) is 33.1. The molecule has 2 aromatic carbocycles. The Morgan fingerprint density at radius 2 is 1.91 bits per heavy atom. The second-order valence-corrected chi connectivity index (χ2v) is 6.61. The van der Waals surface area contributed by atoms with Crippen molar-refractivity contribution in [2.75, 3.05) is 0 Å². The van der Waals surface area contributed by atoms with Crippen molar-refractivity contribution in [1.82, 2.24) is 0 Å². The van der Waals surface area contributed by atoms with Crippen LogP contribution in [0.3, 0.4) is 0 Å². The molecule has 1 N–H and O–H groups in total. The Hall–Kier alpha value is -2.27. The number of hydrogen-bond donors (Lipinski definition) is 1. The monoisotopic (exact) mass is 311 g/mol. The number of nitrogens with zero attached hydrogens (tertiary/aromatic N) is 1. The number of benzene rings is 2. The summed E-state index contributed by atoms with van der Waals surface area (Å²) in [6, 6.07) is 12.1. The molecule has 118 valence electrons. The molecule has 0 amide bonds. The van der Waals surface area contributed by atoms with Crippen molar-refractivity contribution in [1.29, 1.82) is 0 Å². The van der Waals surface area contributed by atoms with Crippen molar-refractivity contribution >= 4 is 16.6 Å². The lowest BCUT2D eigenvalue weighted by atomic mass is 9.81. The maximum Gasteiger partial charge on any atom is 0.255 e. The molecule has 4 atom stereocenters. The van der Waals surface area contributed by atoms with Crippen molar-refractivity contribution in [3.63, 3.8) is 0 Å². The summed E-state index contributed by atoms with van der Waals surface area (Å²) in [5.74, 6) is -1.37. The number of ketones is 1. The maximum absolute atomic E-state index is 12.6. The van der Waals surface area contributed by atoms with E-state index in [1.807, 2.05) is 42.5 Å². The minimum Gasteiger partial charge on any atom is -0.376 e. The van der Waals surface area contributed by atoms with Gasteiger partial charge in [0.1, 0.15) is 0 Å². The van der Waals surface area contributed by atoms with Crippen LogP contribution in [0, 0.1) is 16.0 Å². The van der Waals surface area contributed by atoms with Crippen LogP contribution in [-0.2, 0) is 4.79 Å². The molecule has 0 spiro atoms. The minimum absolute atomic E-state index is 0.190. The number of rotatable bonds is 2. The first-order chi connectivity index (χ1) is 11.0. The molecule has 2 saturated carbocycles. The second-order valence-electron chi connectivity index (χ2n) is 6.61. The van der Waals surface area contributed by atoms with E-state index in [-0.39, 0.29) is 12.2 Å². The first-order valence-electron chi connectivity index (χ1n) is 7.92. The van der Waals surface area contributed by atoms with Gasteiger partial charge in [-0.2, -0.15) is 0 Å². The summed E-state index contributed by atoms with van der Waals surface area (Å²) in [5, 5.41) is 24.4. The van der Waals surface area contributed by atoms with E-state index in [1.54, 1.807) is 0 Å². The summed E-state index contributed by atoms with van der Waals surface area (Å²) in [5.41, 5.74) is -1.01. The summed E-state index contributed by atoms with van der Waals surface area (Å²) in [7, 11) is 0. The number of aliphatic hydroxyl groups is 1. The predicted octanol–water partition coefficient (Wildman–Crippen LogP) is 2.68. The average molecular weight is 311 g/mol. The van der Waals surface area contributed by atoms with Gasteiger partial charge in [-0.15, -0.1) is 0 Å². The van der Waals surface area contributed by atoms with Gasteiger partial charge in [0.15, 0.2) is 11.4 Å². The van der Waals surface area contributed by atoms with E-state index in [1.165, 1.54) is 0 Å². The zero-order chi connectivity index (χ0) is 16.2. The number of nitro groups is 1. The molecule has 2 bridgehead atoms. The van der Waals surface area contributed by atoms with Gasteiger partial charge >= 0.3 is 0 Å². The standard InChI is InChI=1S/C18H17NO4/c20-17-14-9-4-10-18(17,21)16(19(22)23)15(14)13-8-3-6-11-5-1-2-7-12(11)13/h1-3,5-8,14-16,21H,4,9-10H2/t14-,15-,16-,18-/m0/s1. The fourth-order valence-electron chi connectivity index (χ4n) is 4.55. The summed E-state index contributed by atoms with van der Waals surface area (Å²) in [6.45, 7) is 0. The SMILES string of the molecule is O=C1[C@H]2CCC[C@]1(O)[C@@H]([N+](=O)[O-])[C@H]2c1cccc2ccccc12. The van der Waals surface area contributed by atoms with Gasteiger partial charge in [0.05, 0.1) is 5.92 Å². The average Bonchev–Trinajstić information content (AvgIpc) is 2.67. The Balaban J connectivity index is 1.95. The molecule has 2 aliphatic carbocycles. The Labute approximate surface area is 133 Å². The first-order valence-corrected chi connectivity index (χ1v) is 7.92. The van der Waals surface area contributed by atoms with Crippen molar-refractivity contribution in [3.05, 3.63) is 58.1 Å². The molecule has 5 nitrogen and oxygen atoms in total. The van der Waals surface area contributed by atoms with Crippen LogP contribution in [0.15, 0.2) is 42.5 Å². The van der Waals surface area contributed by atoms with Crippen LogP contribution in [0.25, 0.3) is 10.8 Å². The molecule has 4 rings (SSSR count). The third-order valence-corrected chi connectivity index (χ3v) is 5.51. The molecule has 0 aliphatic heterocycles. The molecule has 2 aliphatic rings. The fourth-order valence-corrected chi connectivity index (χ4v) is 4.55. The number of carbonyl (C=O) groups excluding carboxylic acids is 1. The number of hydrogen-bond acceptors (Lipinski definition) is 4. The molecule has 2 fully saturated rings. The lowest BCUT2D eigenvalue weighted by Crippen LogP contribution is -2.49. The van der Waals surface area contributed by atoms with Gasteiger partial charge < -0.3 is 5.11 Å². The highest BCUT2D eigenvalue weighted by Gasteiger charge is 2.67. The van der Waals surface area contributed by atoms with E-state index in [0.29, 0.717) is 12.8 Å². The van der Waals surface area contributed by atoms with Crippen LogP contribution in [0.2, 0.25) is 0 Å². The lowest BCUT2D eigenvalue weighted by molar-refractivity contribution is -0.542. The van der Waals surface area contributed by atoms with Gasteiger partial charge in [-0.3, -0.25) is 14.9 Å². The van der Waals surface area contributed by atoms with E-state index in [9.17, 15) is 20.0 Å². The smallest absolute Gasteiger partial charge is 0.255 e. The fraction of sp³-hybridized carbons (Fsp3) is 0.389. The molecule has 5 heteroatoms. The van der Waals surface area contributed by atoms with E-state index in [0.717, 1.165) is 16.3 Å². The largest absolute Gasteiger partial charge is 0.376 e. The quantitative estimate of drug-likeness (QED) is 0.683. The second kappa shape index (κ2) is 4.86. The maximum atomic E-state index is 12.6. The molecule has 0 aromatic heterocycles. The molecule has 0 radical (unpaired) electrons. The molecule has 2 aromatic rings. The summed E-state index contributed by atoms with van der Waals surface area (Å²) in [6.07, 6.45) is 1.45. The zero-order valence-electron chi connectivity index (χ0n) is 12.5. The number of carbonyl (C=O) groups is 1. The lowest BCUT2D eigenvalue weighted by Gasteiger charge is -2.25. The van der Waals surface area contributed by atoms with Crippen LogP contribution in [-0.4, -0.2) is 27.5 Å². The molecule has 0 heterocycles. The molecular formula is C18H17NO4. The van der Waals surface area contributed by atoms with E-state index < -0.39 is 28.4 Å². The summed E-state index contributed by atoms with van der Waals surface area (Å²) in [4.78, 5) is 23.8. The van der Waals surface area contributed by atoms with Gasteiger partial charge in [0.25, 0.3) is 6.04 Å². The van der Waals surface area contributed by atoms with Crippen LogP contribution in [0.5, 0.6) is 0 Å². The van der Waals surface area contributed by atoms with Crippen LogP contribution < -0.4 is 0 Å². The molecule has 0 unspecified atom stereocenters. The summed E-state index contributed by atoms with van der Waals surface area (Å²) >= 11 is 0. The van der Waals surface area contributed by atoms with E-state index in [2.05, 4.69) is 0 Å². The van der Waals surface area contributed by atoms with E-state index in [4.69, 9.17) is 0 Å². The minimum atomic E-state index is -1.81. The van der Waals surface area contributed by atoms with Crippen LogP contribution in [0.4, 0.5) is 0 Å².